The molecule has 2 saturated heterocycles. The van der Waals surface area contributed by atoms with E-state index in [0.29, 0.717) is 18.9 Å². The SMILES string of the molecule is Cn1nccc1C1CCN(CC(=O)N[C@H]2CCS(=O)(=O)C2)CC1. The molecule has 0 saturated carbocycles. The fraction of sp³-hybridized carbons (Fsp3) is 0.733. The fourth-order valence-corrected chi connectivity index (χ4v) is 5.23. The van der Waals surface area contributed by atoms with Gasteiger partial charge in [-0.1, -0.05) is 0 Å². The van der Waals surface area contributed by atoms with Crippen LogP contribution in [0.5, 0.6) is 0 Å². The Kier molecular flexibility index (Phi) is 4.72. The van der Waals surface area contributed by atoms with Gasteiger partial charge in [0, 0.05) is 30.9 Å². The summed E-state index contributed by atoms with van der Waals surface area (Å²) in [5.74, 6) is 0.711. The maximum atomic E-state index is 12.1. The van der Waals surface area contributed by atoms with Crippen molar-refractivity contribution in [3.05, 3.63) is 18.0 Å². The van der Waals surface area contributed by atoms with E-state index in [1.807, 2.05) is 17.9 Å². The molecule has 2 aliphatic heterocycles. The van der Waals surface area contributed by atoms with E-state index in [2.05, 4.69) is 21.4 Å². The molecule has 128 valence electrons. The summed E-state index contributed by atoms with van der Waals surface area (Å²) in [6.07, 6.45) is 4.40. The summed E-state index contributed by atoms with van der Waals surface area (Å²) in [5.41, 5.74) is 1.25. The van der Waals surface area contributed by atoms with Gasteiger partial charge in [-0.3, -0.25) is 14.4 Å². The first-order chi connectivity index (χ1) is 10.9. The van der Waals surface area contributed by atoms with Crippen LogP contribution in [0.15, 0.2) is 12.3 Å². The molecule has 8 heteroatoms. The zero-order valence-corrected chi connectivity index (χ0v) is 14.3. The molecular formula is C15H24N4O3S. The second kappa shape index (κ2) is 6.60. The van der Waals surface area contributed by atoms with Crippen molar-refractivity contribution in [1.82, 2.24) is 20.0 Å². The van der Waals surface area contributed by atoms with Gasteiger partial charge in [0.05, 0.1) is 18.1 Å². The normalized spacial score (nSPS) is 25.5. The number of rotatable bonds is 4. The Morgan fingerprint density at radius 2 is 2.09 bits per heavy atom. The van der Waals surface area contributed by atoms with Gasteiger partial charge in [-0.05, 0) is 38.4 Å². The van der Waals surface area contributed by atoms with Crippen LogP contribution in [0.4, 0.5) is 0 Å². The van der Waals surface area contributed by atoms with Gasteiger partial charge in [-0.2, -0.15) is 5.10 Å². The molecule has 2 aliphatic rings. The van der Waals surface area contributed by atoms with Crippen LogP contribution in [-0.2, 0) is 21.7 Å². The lowest BCUT2D eigenvalue weighted by atomic mass is 9.93. The number of hydrogen-bond acceptors (Lipinski definition) is 5. The monoisotopic (exact) mass is 340 g/mol. The number of nitrogens with zero attached hydrogens (tertiary/aromatic N) is 3. The van der Waals surface area contributed by atoms with Gasteiger partial charge in [0.25, 0.3) is 0 Å². The molecule has 2 fully saturated rings. The maximum absolute atomic E-state index is 12.1. The second-order valence-corrected chi connectivity index (χ2v) is 8.83. The molecular weight excluding hydrogens is 316 g/mol. The van der Waals surface area contributed by atoms with Crippen LogP contribution in [0.25, 0.3) is 0 Å². The van der Waals surface area contributed by atoms with Crippen LogP contribution in [0.3, 0.4) is 0 Å². The number of nitrogens with one attached hydrogen (secondary N) is 1. The van der Waals surface area contributed by atoms with Gasteiger partial charge in [0.1, 0.15) is 0 Å². The minimum atomic E-state index is -2.95. The zero-order valence-electron chi connectivity index (χ0n) is 13.4. The summed E-state index contributed by atoms with van der Waals surface area (Å²) >= 11 is 0. The molecule has 1 N–H and O–H groups in total. The highest BCUT2D eigenvalue weighted by Gasteiger charge is 2.30. The number of hydrogen-bond donors (Lipinski definition) is 1. The summed E-state index contributed by atoms with van der Waals surface area (Å²) in [4.78, 5) is 14.2. The average Bonchev–Trinajstić information content (AvgIpc) is 3.05. The van der Waals surface area contributed by atoms with E-state index < -0.39 is 9.84 Å². The Morgan fingerprint density at radius 1 is 1.35 bits per heavy atom. The van der Waals surface area contributed by atoms with E-state index in [1.165, 1.54) is 5.69 Å². The molecule has 0 spiro atoms. The van der Waals surface area contributed by atoms with Crippen molar-refractivity contribution < 1.29 is 13.2 Å². The number of amides is 1. The van der Waals surface area contributed by atoms with Gasteiger partial charge >= 0.3 is 0 Å². The third-order valence-electron chi connectivity index (χ3n) is 4.83. The predicted octanol–water partition coefficient (Wildman–Crippen LogP) is -0.0972. The zero-order chi connectivity index (χ0) is 16.4. The number of carbonyl (C=O) groups excluding carboxylic acids is 1. The first-order valence-corrected chi connectivity index (χ1v) is 9.95. The number of aryl methyl sites for hydroxylation is 1. The van der Waals surface area contributed by atoms with Crippen molar-refractivity contribution in [2.24, 2.45) is 7.05 Å². The summed E-state index contributed by atoms with van der Waals surface area (Å²) < 4.78 is 24.8. The minimum absolute atomic E-state index is 0.0638. The van der Waals surface area contributed by atoms with Crippen molar-refractivity contribution in [1.29, 1.82) is 0 Å². The van der Waals surface area contributed by atoms with Crippen molar-refractivity contribution in [2.45, 2.75) is 31.2 Å². The van der Waals surface area contributed by atoms with E-state index in [4.69, 9.17) is 0 Å². The lowest BCUT2D eigenvalue weighted by molar-refractivity contribution is -0.123. The molecule has 7 nitrogen and oxygen atoms in total. The Morgan fingerprint density at radius 3 is 2.65 bits per heavy atom. The molecule has 1 aromatic heterocycles. The molecule has 0 radical (unpaired) electrons. The molecule has 1 aromatic rings. The number of carbonyl (C=O) groups is 1. The fourth-order valence-electron chi connectivity index (χ4n) is 3.56. The summed E-state index contributed by atoms with van der Waals surface area (Å²) in [5, 5.41) is 7.07. The molecule has 3 heterocycles. The predicted molar refractivity (Wildman–Crippen MR) is 86.8 cm³/mol. The van der Waals surface area contributed by atoms with Crippen molar-refractivity contribution >= 4 is 15.7 Å². The van der Waals surface area contributed by atoms with Gasteiger partial charge in [-0.15, -0.1) is 0 Å². The van der Waals surface area contributed by atoms with Crippen LogP contribution >= 0.6 is 0 Å². The number of likely N-dealkylation sites (tertiary alicyclic amines) is 1. The second-order valence-electron chi connectivity index (χ2n) is 6.60. The molecule has 1 atom stereocenters. The molecule has 0 aliphatic carbocycles. The Bertz CT molecular complexity index is 662. The highest BCUT2D eigenvalue weighted by Crippen LogP contribution is 2.27. The molecule has 0 unspecified atom stereocenters. The molecule has 3 rings (SSSR count). The van der Waals surface area contributed by atoms with E-state index >= 15 is 0 Å². The minimum Gasteiger partial charge on any atom is -0.351 e. The van der Waals surface area contributed by atoms with Gasteiger partial charge < -0.3 is 5.32 Å². The largest absolute Gasteiger partial charge is 0.351 e. The summed E-state index contributed by atoms with van der Waals surface area (Å²) in [6.45, 7) is 2.12. The lowest BCUT2D eigenvalue weighted by Gasteiger charge is -2.31. The third-order valence-corrected chi connectivity index (χ3v) is 6.60. The highest BCUT2D eigenvalue weighted by molar-refractivity contribution is 7.91. The standard InChI is InChI=1S/C15H24N4O3S/c1-18-14(2-6-16-18)12-3-7-19(8-4-12)10-15(20)17-13-5-9-23(21,22)11-13/h2,6,12-13H,3-5,7-11H2,1H3,(H,17,20)/t13-/m0/s1. The Hall–Kier alpha value is -1.41. The Balaban J connectivity index is 1.44. The van der Waals surface area contributed by atoms with E-state index in [0.717, 1.165) is 25.9 Å². The molecule has 0 bridgehead atoms. The number of aromatic nitrogens is 2. The van der Waals surface area contributed by atoms with Crippen LogP contribution in [0, 0.1) is 0 Å². The Labute approximate surface area is 137 Å². The topological polar surface area (TPSA) is 84.3 Å². The lowest BCUT2D eigenvalue weighted by Crippen LogP contribution is -2.44. The van der Waals surface area contributed by atoms with Crippen LogP contribution in [-0.4, -0.2) is 66.2 Å². The summed E-state index contributed by atoms with van der Waals surface area (Å²) in [6, 6.07) is 1.85. The van der Waals surface area contributed by atoms with Gasteiger partial charge in [0.15, 0.2) is 9.84 Å². The molecule has 0 aromatic carbocycles. The molecule has 1 amide bonds. The van der Waals surface area contributed by atoms with Crippen LogP contribution < -0.4 is 5.32 Å². The highest BCUT2D eigenvalue weighted by atomic mass is 32.2. The van der Waals surface area contributed by atoms with Crippen molar-refractivity contribution in [3.63, 3.8) is 0 Å². The quantitative estimate of drug-likeness (QED) is 0.828. The van der Waals surface area contributed by atoms with Crippen molar-refractivity contribution in [3.8, 4) is 0 Å². The van der Waals surface area contributed by atoms with Crippen molar-refractivity contribution in [2.75, 3.05) is 31.1 Å². The smallest absolute Gasteiger partial charge is 0.234 e. The number of sulfone groups is 1. The summed E-state index contributed by atoms with van der Waals surface area (Å²) in [7, 11) is -0.984. The number of piperidine rings is 1. The van der Waals surface area contributed by atoms with E-state index in [9.17, 15) is 13.2 Å². The first kappa shape index (κ1) is 16.4. The molecule has 23 heavy (non-hydrogen) atoms. The van der Waals surface area contributed by atoms with Crippen LogP contribution in [0.1, 0.15) is 30.9 Å². The van der Waals surface area contributed by atoms with Gasteiger partial charge in [-0.25, -0.2) is 8.42 Å². The maximum Gasteiger partial charge on any atom is 0.234 e. The first-order valence-electron chi connectivity index (χ1n) is 8.13. The van der Waals surface area contributed by atoms with E-state index in [-0.39, 0.29) is 23.5 Å². The third kappa shape index (κ3) is 4.11. The van der Waals surface area contributed by atoms with Gasteiger partial charge in [0.2, 0.25) is 5.91 Å². The average molecular weight is 340 g/mol. The van der Waals surface area contributed by atoms with Crippen LogP contribution in [0.2, 0.25) is 0 Å². The van der Waals surface area contributed by atoms with E-state index in [1.54, 1.807) is 0 Å².